The highest BCUT2D eigenvalue weighted by Crippen LogP contribution is 2.28. The van der Waals surface area contributed by atoms with E-state index in [1.807, 2.05) is 19.1 Å². The third kappa shape index (κ3) is 7.06. The molecular formula is C22H28N2O6S. The molecule has 0 spiro atoms. The lowest BCUT2D eigenvalue weighted by Gasteiger charge is -2.06. The highest BCUT2D eigenvalue weighted by Gasteiger charge is 2.15. The minimum absolute atomic E-state index is 0.107. The minimum atomic E-state index is -1.82. The van der Waals surface area contributed by atoms with Gasteiger partial charge in [-0.25, -0.2) is 14.6 Å². The maximum Gasteiger partial charge on any atom is 0.414 e. The van der Waals surface area contributed by atoms with Gasteiger partial charge in [-0.05, 0) is 25.5 Å². The number of rotatable bonds is 9. The number of nitrogens with zero attached hydrogens (tertiary/aromatic N) is 2. The van der Waals surface area contributed by atoms with Crippen molar-refractivity contribution in [3.63, 3.8) is 0 Å². The predicted octanol–water partition coefficient (Wildman–Crippen LogP) is 4.81. The number of aromatic nitrogens is 2. The quantitative estimate of drug-likeness (QED) is 0.274. The molecule has 8 nitrogen and oxygen atoms in total. The van der Waals surface area contributed by atoms with Crippen LogP contribution in [0.2, 0.25) is 0 Å². The fourth-order valence-corrected chi connectivity index (χ4v) is 4.21. The average molecular weight is 449 g/mol. The van der Waals surface area contributed by atoms with Crippen LogP contribution in [0.4, 0.5) is 0 Å². The van der Waals surface area contributed by atoms with E-state index in [1.165, 1.54) is 30.4 Å². The van der Waals surface area contributed by atoms with E-state index in [0.717, 1.165) is 34.7 Å². The fourth-order valence-electron chi connectivity index (χ4n) is 3.12. The first-order chi connectivity index (χ1) is 14.8. The van der Waals surface area contributed by atoms with Crippen molar-refractivity contribution in [2.24, 2.45) is 0 Å². The van der Waals surface area contributed by atoms with Gasteiger partial charge < -0.3 is 14.9 Å². The Bertz CT molecular complexity index is 1030. The maximum absolute atomic E-state index is 12.0. The zero-order valence-corrected chi connectivity index (χ0v) is 18.6. The summed E-state index contributed by atoms with van der Waals surface area (Å²) < 4.78 is 8.84. The van der Waals surface area contributed by atoms with Gasteiger partial charge in [0.15, 0.2) is 4.96 Å². The third-order valence-corrected chi connectivity index (χ3v) is 5.76. The van der Waals surface area contributed by atoms with Crippen LogP contribution in [-0.4, -0.2) is 37.5 Å². The number of hydrogen-bond donors (Lipinski definition) is 2. The van der Waals surface area contributed by atoms with Gasteiger partial charge in [-0.1, -0.05) is 62.5 Å². The molecule has 168 valence electrons. The number of carbonyl (C=O) groups excluding carboxylic acids is 1. The second-order valence-corrected chi connectivity index (χ2v) is 8.13. The number of esters is 1. The summed E-state index contributed by atoms with van der Waals surface area (Å²) in [7, 11) is 0. The Morgan fingerprint density at radius 3 is 2.35 bits per heavy atom. The molecule has 2 heterocycles. The number of carboxylic acid groups (broad SMARTS) is 2. The van der Waals surface area contributed by atoms with Crippen molar-refractivity contribution in [3.8, 4) is 0 Å². The molecule has 3 aromatic rings. The summed E-state index contributed by atoms with van der Waals surface area (Å²) in [6, 6.07) is 8.24. The van der Waals surface area contributed by atoms with E-state index in [2.05, 4.69) is 28.4 Å². The van der Waals surface area contributed by atoms with Crippen molar-refractivity contribution in [2.75, 3.05) is 0 Å². The number of unbranched alkanes of at least 4 members (excludes halogenated alkanes) is 5. The van der Waals surface area contributed by atoms with Crippen LogP contribution < -0.4 is 0 Å². The summed E-state index contributed by atoms with van der Waals surface area (Å²) in [4.78, 5) is 35.8. The Balaban J connectivity index is 0.000000501. The molecule has 3 rings (SSSR count). The van der Waals surface area contributed by atoms with Gasteiger partial charge in [0.25, 0.3) is 0 Å². The van der Waals surface area contributed by atoms with E-state index < -0.39 is 11.9 Å². The van der Waals surface area contributed by atoms with E-state index in [-0.39, 0.29) is 5.97 Å². The Morgan fingerprint density at radius 2 is 1.68 bits per heavy atom. The number of imidazole rings is 1. The van der Waals surface area contributed by atoms with E-state index in [1.54, 1.807) is 11.3 Å². The largest absolute Gasteiger partial charge is 0.473 e. The lowest BCUT2D eigenvalue weighted by Crippen LogP contribution is -2.09. The molecule has 1 aromatic carbocycles. The van der Waals surface area contributed by atoms with E-state index >= 15 is 0 Å². The second kappa shape index (κ2) is 12.0. The molecule has 2 N–H and O–H groups in total. The maximum atomic E-state index is 12.0. The monoisotopic (exact) mass is 448 g/mol. The van der Waals surface area contributed by atoms with Crippen molar-refractivity contribution in [3.05, 3.63) is 35.7 Å². The molecule has 0 saturated carbocycles. The standard InChI is InChI=1S/C20H26N2O2S.C2H2O4/c1-3-4-5-6-7-8-13-19(23)24-14-17-15(2)21-20-22(17)16-11-9-10-12-18(16)25-20;3-1(4)2(5)6/h9-12H,3-8,13-14H2,1-2H3;(H,3,4)(H,5,6). The van der Waals surface area contributed by atoms with Crippen LogP contribution in [0, 0.1) is 6.92 Å². The number of aryl methyl sites for hydroxylation is 1. The summed E-state index contributed by atoms with van der Waals surface area (Å²) in [5.74, 6) is -3.76. The molecule has 0 saturated heterocycles. The first-order valence-electron chi connectivity index (χ1n) is 10.3. The zero-order chi connectivity index (χ0) is 22.8. The lowest BCUT2D eigenvalue weighted by atomic mass is 10.1. The number of aliphatic carboxylic acids is 2. The van der Waals surface area contributed by atoms with Crippen LogP contribution in [0.3, 0.4) is 0 Å². The Morgan fingerprint density at radius 1 is 1.03 bits per heavy atom. The Labute approximate surface area is 184 Å². The summed E-state index contributed by atoms with van der Waals surface area (Å²) in [5, 5.41) is 14.8. The van der Waals surface area contributed by atoms with Gasteiger partial charge in [-0.2, -0.15) is 0 Å². The van der Waals surface area contributed by atoms with E-state index in [9.17, 15) is 4.79 Å². The molecule has 0 bridgehead atoms. The number of carboxylic acids is 2. The number of para-hydroxylation sites is 1. The SMILES string of the molecule is CCCCCCCCC(=O)OCc1c(C)nc2sc3ccccc3n12.O=C(O)C(=O)O. The van der Waals surface area contributed by atoms with Crippen molar-refractivity contribution in [1.29, 1.82) is 0 Å². The number of fused-ring (bicyclic) bond motifs is 3. The van der Waals surface area contributed by atoms with E-state index in [0.29, 0.717) is 13.0 Å². The molecule has 0 fully saturated rings. The van der Waals surface area contributed by atoms with Crippen LogP contribution >= 0.6 is 11.3 Å². The summed E-state index contributed by atoms with van der Waals surface area (Å²) in [5.41, 5.74) is 3.04. The molecule has 9 heteroatoms. The molecule has 2 aromatic heterocycles. The van der Waals surface area contributed by atoms with Crippen LogP contribution in [-0.2, 0) is 25.7 Å². The fraction of sp³-hybridized carbons (Fsp3) is 0.455. The molecule has 0 aliphatic carbocycles. The lowest BCUT2D eigenvalue weighted by molar-refractivity contribution is -0.159. The van der Waals surface area contributed by atoms with Crippen LogP contribution in [0.25, 0.3) is 15.2 Å². The predicted molar refractivity (Wildman–Crippen MR) is 118 cm³/mol. The summed E-state index contributed by atoms with van der Waals surface area (Å²) in [6.45, 7) is 4.48. The van der Waals surface area contributed by atoms with Crippen LogP contribution in [0.15, 0.2) is 24.3 Å². The molecule has 0 radical (unpaired) electrons. The molecular weight excluding hydrogens is 420 g/mol. The van der Waals surface area contributed by atoms with Crippen molar-refractivity contribution < 1.29 is 29.3 Å². The number of carbonyl (C=O) groups is 3. The highest BCUT2D eigenvalue weighted by molar-refractivity contribution is 7.23. The normalized spacial score (nSPS) is 10.6. The third-order valence-electron chi connectivity index (χ3n) is 4.74. The number of hydrogen-bond acceptors (Lipinski definition) is 6. The number of thiazole rings is 1. The van der Waals surface area contributed by atoms with Crippen molar-refractivity contribution >= 4 is 44.4 Å². The Hall–Kier alpha value is -2.94. The van der Waals surface area contributed by atoms with E-state index in [4.69, 9.17) is 24.5 Å². The molecule has 0 aliphatic heterocycles. The van der Waals surface area contributed by atoms with Gasteiger partial charge in [0.2, 0.25) is 0 Å². The average Bonchev–Trinajstić information content (AvgIpc) is 3.23. The first-order valence-corrected chi connectivity index (χ1v) is 11.1. The zero-order valence-electron chi connectivity index (χ0n) is 17.8. The molecule has 0 atom stereocenters. The van der Waals surface area contributed by atoms with Gasteiger partial charge in [0, 0.05) is 6.42 Å². The highest BCUT2D eigenvalue weighted by atomic mass is 32.1. The van der Waals surface area contributed by atoms with Crippen molar-refractivity contribution in [1.82, 2.24) is 9.38 Å². The summed E-state index contributed by atoms with van der Waals surface area (Å²) >= 11 is 1.67. The minimum Gasteiger partial charge on any atom is -0.473 e. The molecule has 0 aliphatic rings. The number of ether oxygens (including phenoxy) is 1. The topological polar surface area (TPSA) is 118 Å². The van der Waals surface area contributed by atoms with Crippen LogP contribution in [0.5, 0.6) is 0 Å². The molecule has 0 unspecified atom stereocenters. The smallest absolute Gasteiger partial charge is 0.414 e. The van der Waals surface area contributed by atoms with Crippen LogP contribution in [0.1, 0.15) is 63.3 Å². The van der Waals surface area contributed by atoms with Crippen molar-refractivity contribution in [2.45, 2.75) is 65.4 Å². The van der Waals surface area contributed by atoms with Gasteiger partial charge in [-0.15, -0.1) is 0 Å². The van der Waals surface area contributed by atoms with Gasteiger partial charge >= 0.3 is 17.9 Å². The Kier molecular flexibility index (Phi) is 9.45. The molecule has 0 amide bonds. The van der Waals surface area contributed by atoms with Gasteiger partial charge in [0.1, 0.15) is 6.61 Å². The molecule has 31 heavy (non-hydrogen) atoms. The summed E-state index contributed by atoms with van der Waals surface area (Å²) in [6.07, 6.45) is 7.56. The van der Waals surface area contributed by atoms with Gasteiger partial charge in [-0.3, -0.25) is 9.20 Å². The first kappa shape index (κ1) is 24.3. The van der Waals surface area contributed by atoms with Gasteiger partial charge in [0.05, 0.1) is 21.6 Å². The second-order valence-electron chi connectivity index (χ2n) is 7.12. The number of benzene rings is 1.